The number of nitrogens with one attached hydrogen (secondary N) is 1. The van der Waals surface area contributed by atoms with Crippen LogP contribution in [0.4, 0.5) is 5.13 Å². The fraction of sp³-hybridized carbons (Fsp3) is 0.545. The summed E-state index contributed by atoms with van der Waals surface area (Å²) in [7, 11) is 1.70. The molecule has 1 N–H and O–H groups in total. The van der Waals surface area contributed by atoms with E-state index in [2.05, 4.69) is 21.2 Å². The van der Waals surface area contributed by atoms with E-state index in [1.165, 1.54) is 29.7 Å². The van der Waals surface area contributed by atoms with Crippen LogP contribution in [0, 0.1) is 23.2 Å². The third kappa shape index (κ3) is 2.46. The molecule has 5 aliphatic rings. The molecule has 1 amide bonds. The van der Waals surface area contributed by atoms with E-state index in [4.69, 9.17) is 9.72 Å². The molecule has 0 radical (unpaired) electrons. The Morgan fingerprint density at radius 3 is 2.54 bits per heavy atom. The Hall–Kier alpha value is -1.40. The molecule has 146 valence electrons. The molecule has 0 spiro atoms. The van der Waals surface area contributed by atoms with Crippen molar-refractivity contribution in [2.24, 2.45) is 23.2 Å². The first-order valence-electron chi connectivity index (χ1n) is 10.2. The minimum Gasteiger partial charge on any atom is -0.496 e. The van der Waals surface area contributed by atoms with Crippen molar-refractivity contribution in [1.29, 1.82) is 0 Å². The number of thiazole rings is 1. The molecule has 1 heterocycles. The maximum atomic E-state index is 13.3. The van der Waals surface area contributed by atoms with E-state index in [0.29, 0.717) is 0 Å². The number of nitrogens with zero attached hydrogens (tertiary/aromatic N) is 1. The summed E-state index contributed by atoms with van der Waals surface area (Å²) in [6.45, 7) is 0. The van der Waals surface area contributed by atoms with E-state index in [-0.39, 0.29) is 11.3 Å². The zero-order chi connectivity index (χ0) is 19.0. The predicted molar refractivity (Wildman–Crippen MR) is 114 cm³/mol. The lowest BCUT2D eigenvalue weighted by molar-refractivity contribution is -0.140. The largest absolute Gasteiger partial charge is 0.496 e. The van der Waals surface area contributed by atoms with Crippen molar-refractivity contribution in [2.75, 3.05) is 12.4 Å². The van der Waals surface area contributed by atoms with Crippen LogP contribution in [-0.2, 0) is 11.2 Å². The average Bonchev–Trinajstić information content (AvgIpc) is 3.19. The normalized spacial score (nSPS) is 31.6. The highest BCUT2D eigenvalue weighted by molar-refractivity contribution is 9.10. The number of carbonyl (C=O) groups is 1. The lowest BCUT2D eigenvalue weighted by atomic mass is 9.49. The van der Waals surface area contributed by atoms with Gasteiger partial charge in [-0.15, -0.1) is 11.3 Å². The molecule has 0 atom stereocenters. The first-order valence-corrected chi connectivity index (χ1v) is 11.8. The number of anilines is 1. The summed E-state index contributed by atoms with van der Waals surface area (Å²) >= 11 is 5.27. The summed E-state index contributed by atoms with van der Waals surface area (Å²) in [4.78, 5) is 19.4. The van der Waals surface area contributed by atoms with Crippen LogP contribution in [0.15, 0.2) is 16.6 Å². The second kappa shape index (κ2) is 6.05. The van der Waals surface area contributed by atoms with Gasteiger partial charge in [-0.1, -0.05) is 15.9 Å². The Balaban J connectivity index is 1.30. The van der Waals surface area contributed by atoms with Gasteiger partial charge in [0.1, 0.15) is 5.75 Å². The van der Waals surface area contributed by atoms with Crippen LogP contribution in [0.3, 0.4) is 0 Å². The molecule has 4 fully saturated rings. The highest BCUT2D eigenvalue weighted by Crippen LogP contribution is 2.60. The van der Waals surface area contributed by atoms with Gasteiger partial charge < -0.3 is 10.1 Å². The summed E-state index contributed by atoms with van der Waals surface area (Å²) in [6, 6.07) is 4.01. The van der Waals surface area contributed by atoms with Gasteiger partial charge in [0.15, 0.2) is 5.13 Å². The van der Waals surface area contributed by atoms with Crippen molar-refractivity contribution < 1.29 is 9.53 Å². The predicted octanol–water partition coefficient (Wildman–Crippen LogP) is 5.64. The third-order valence-corrected chi connectivity index (χ3v) is 9.16. The van der Waals surface area contributed by atoms with Crippen LogP contribution in [0.2, 0.25) is 0 Å². The van der Waals surface area contributed by atoms with Crippen molar-refractivity contribution in [3.8, 4) is 17.0 Å². The molecule has 1 aromatic carbocycles. The van der Waals surface area contributed by atoms with Gasteiger partial charge in [-0.3, -0.25) is 4.79 Å². The molecule has 1 aromatic heterocycles. The third-order valence-electron chi connectivity index (χ3n) is 7.45. The number of benzene rings is 1. The Morgan fingerprint density at radius 2 is 1.89 bits per heavy atom. The number of ether oxygens (including phenoxy) is 1. The van der Waals surface area contributed by atoms with Gasteiger partial charge in [0.2, 0.25) is 5.91 Å². The number of methoxy groups -OCH3 is 1. The van der Waals surface area contributed by atoms with E-state index in [1.54, 1.807) is 18.4 Å². The Morgan fingerprint density at radius 1 is 1.21 bits per heavy atom. The second-order valence-electron chi connectivity index (χ2n) is 9.22. The van der Waals surface area contributed by atoms with Crippen molar-refractivity contribution in [3.05, 3.63) is 27.0 Å². The number of fused-ring (bicyclic) bond motifs is 3. The van der Waals surface area contributed by atoms with Crippen LogP contribution >= 0.6 is 27.3 Å². The Bertz CT molecular complexity index is 963. The highest BCUT2D eigenvalue weighted by Gasteiger charge is 2.54. The standard InChI is InChI=1S/C22H23BrN2O2S/c1-27-16-3-2-15(23)14-7-17-19(18(14)16)24-21(28-17)25-20(26)22-8-11-4-12(9-22)6-13(5-11)10-22/h2-3,11-13H,4-10H2,1H3,(H,24,25,26). The van der Waals surface area contributed by atoms with Gasteiger partial charge in [-0.2, -0.15) is 0 Å². The van der Waals surface area contributed by atoms with Crippen LogP contribution in [0.5, 0.6) is 5.75 Å². The summed E-state index contributed by atoms with van der Waals surface area (Å²) in [5.74, 6) is 3.38. The Kier molecular flexibility index (Phi) is 3.77. The van der Waals surface area contributed by atoms with Gasteiger partial charge in [-0.05, 0) is 74.0 Å². The molecule has 5 aliphatic carbocycles. The molecule has 4 bridgehead atoms. The number of halogens is 1. The van der Waals surface area contributed by atoms with Gasteiger partial charge in [0.05, 0.1) is 18.2 Å². The van der Waals surface area contributed by atoms with Gasteiger partial charge >= 0.3 is 0 Å². The molecular formula is C22H23BrN2O2S. The maximum Gasteiger partial charge on any atom is 0.232 e. The molecular weight excluding hydrogens is 436 g/mol. The minimum absolute atomic E-state index is 0.135. The number of aromatic nitrogens is 1. The Labute approximate surface area is 177 Å². The minimum atomic E-state index is -0.135. The second-order valence-corrected chi connectivity index (χ2v) is 11.2. The first-order chi connectivity index (χ1) is 13.5. The van der Waals surface area contributed by atoms with E-state index < -0.39 is 0 Å². The SMILES string of the molecule is COc1ccc(Br)c2c1-c1nc(NC(=O)C34CC5CC(CC(C5)C3)C4)sc1C2. The van der Waals surface area contributed by atoms with Gasteiger partial charge in [-0.25, -0.2) is 4.98 Å². The summed E-state index contributed by atoms with van der Waals surface area (Å²) in [5.41, 5.74) is 3.13. The van der Waals surface area contributed by atoms with Crippen molar-refractivity contribution in [2.45, 2.75) is 44.9 Å². The smallest absolute Gasteiger partial charge is 0.232 e. The molecule has 0 saturated heterocycles. The summed E-state index contributed by atoms with van der Waals surface area (Å²) in [6.07, 6.45) is 8.14. The zero-order valence-electron chi connectivity index (χ0n) is 15.9. The first kappa shape index (κ1) is 17.5. The van der Waals surface area contributed by atoms with E-state index >= 15 is 0 Å². The van der Waals surface area contributed by atoms with Crippen molar-refractivity contribution in [3.63, 3.8) is 0 Å². The van der Waals surface area contributed by atoms with Crippen LogP contribution in [0.1, 0.15) is 49.0 Å². The van der Waals surface area contributed by atoms with Gasteiger partial charge in [0.25, 0.3) is 0 Å². The quantitative estimate of drug-likeness (QED) is 0.552. The molecule has 0 unspecified atom stereocenters. The lowest BCUT2D eigenvalue weighted by Crippen LogP contribution is -2.51. The molecule has 4 nitrogen and oxygen atoms in total. The van der Waals surface area contributed by atoms with Crippen molar-refractivity contribution >= 4 is 38.3 Å². The fourth-order valence-corrected chi connectivity index (χ4v) is 8.15. The molecule has 6 heteroatoms. The van der Waals surface area contributed by atoms with Crippen LogP contribution in [-0.4, -0.2) is 18.0 Å². The number of carbonyl (C=O) groups excluding carboxylic acids is 1. The van der Waals surface area contributed by atoms with Gasteiger partial charge in [0, 0.05) is 21.3 Å². The lowest BCUT2D eigenvalue weighted by Gasteiger charge is -2.55. The molecule has 28 heavy (non-hydrogen) atoms. The number of amides is 1. The van der Waals surface area contributed by atoms with E-state index in [9.17, 15) is 4.79 Å². The molecule has 7 rings (SSSR count). The van der Waals surface area contributed by atoms with E-state index in [1.807, 2.05) is 12.1 Å². The molecule has 0 aliphatic heterocycles. The molecule has 4 saturated carbocycles. The van der Waals surface area contributed by atoms with Crippen LogP contribution in [0.25, 0.3) is 11.3 Å². The highest BCUT2D eigenvalue weighted by atomic mass is 79.9. The zero-order valence-corrected chi connectivity index (χ0v) is 18.3. The fourth-order valence-electron chi connectivity index (χ4n) is 6.70. The summed E-state index contributed by atoms with van der Waals surface area (Å²) in [5, 5.41) is 3.98. The number of hydrogen-bond donors (Lipinski definition) is 1. The average molecular weight is 459 g/mol. The number of hydrogen-bond acceptors (Lipinski definition) is 4. The van der Waals surface area contributed by atoms with Crippen molar-refractivity contribution in [1.82, 2.24) is 4.98 Å². The molecule has 2 aromatic rings. The topological polar surface area (TPSA) is 51.2 Å². The summed E-state index contributed by atoms with van der Waals surface area (Å²) < 4.78 is 6.67. The van der Waals surface area contributed by atoms with E-state index in [0.717, 1.165) is 70.0 Å². The maximum absolute atomic E-state index is 13.3. The van der Waals surface area contributed by atoms with Crippen LogP contribution < -0.4 is 10.1 Å². The number of rotatable bonds is 3. The monoisotopic (exact) mass is 458 g/mol.